The van der Waals surface area contributed by atoms with Crippen LogP contribution in [0.15, 0.2) is 24.3 Å². The van der Waals surface area contributed by atoms with E-state index in [1.54, 1.807) is 7.11 Å². The van der Waals surface area contributed by atoms with E-state index >= 15 is 0 Å². The van der Waals surface area contributed by atoms with Crippen molar-refractivity contribution in [3.8, 4) is 5.75 Å². The Labute approximate surface area is 127 Å². The zero-order valence-corrected chi connectivity index (χ0v) is 13.2. The molecule has 1 aliphatic heterocycles. The summed E-state index contributed by atoms with van der Waals surface area (Å²) in [6.45, 7) is 6.22. The van der Waals surface area contributed by atoms with E-state index in [0.29, 0.717) is 12.3 Å². The van der Waals surface area contributed by atoms with Gasteiger partial charge in [-0.05, 0) is 42.5 Å². The molecule has 1 aliphatic rings. The van der Waals surface area contributed by atoms with Gasteiger partial charge >= 0.3 is 0 Å². The van der Waals surface area contributed by atoms with Crippen LogP contribution in [-0.2, 0) is 4.79 Å². The quantitative estimate of drug-likeness (QED) is 0.875. The summed E-state index contributed by atoms with van der Waals surface area (Å²) < 4.78 is 5.16. The molecule has 0 aromatic heterocycles. The molecule has 4 nitrogen and oxygen atoms in total. The number of nitrogens with one attached hydrogen (secondary N) is 2. The zero-order valence-electron chi connectivity index (χ0n) is 13.2. The number of hydrogen-bond acceptors (Lipinski definition) is 3. The van der Waals surface area contributed by atoms with Gasteiger partial charge in [0.2, 0.25) is 5.91 Å². The van der Waals surface area contributed by atoms with Gasteiger partial charge in [0, 0.05) is 19.0 Å². The first-order chi connectivity index (χ1) is 10.1. The molecule has 116 valence electrons. The molecule has 0 spiro atoms. The average molecular weight is 290 g/mol. The second-order valence-electron chi connectivity index (χ2n) is 6.02. The molecule has 21 heavy (non-hydrogen) atoms. The van der Waals surface area contributed by atoms with Crippen molar-refractivity contribution < 1.29 is 9.53 Å². The number of rotatable bonds is 5. The lowest BCUT2D eigenvalue weighted by atomic mass is 9.93. The van der Waals surface area contributed by atoms with Gasteiger partial charge in [-0.3, -0.25) is 4.79 Å². The average Bonchev–Trinajstić information content (AvgIpc) is 2.49. The molecule has 1 saturated heterocycles. The van der Waals surface area contributed by atoms with E-state index in [9.17, 15) is 4.79 Å². The number of carbonyl (C=O) groups excluding carboxylic acids is 1. The minimum Gasteiger partial charge on any atom is -0.497 e. The van der Waals surface area contributed by atoms with Crippen LogP contribution in [0.3, 0.4) is 0 Å². The molecule has 2 rings (SSSR count). The van der Waals surface area contributed by atoms with Gasteiger partial charge in [0.25, 0.3) is 0 Å². The SMILES string of the molecule is COc1ccc(C(C)CC(=O)NC2CNCCC2C)cc1. The Balaban J connectivity index is 1.86. The highest BCUT2D eigenvalue weighted by Gasteiger charge is 2.23. The maximum Gasteiger partial charge on any atom is 0.220 e. The molecule has 3 atom stereocenters. The molecular formula is C17H26N2O2. The number of methoxy groups -OCH3 is 1. The van der Waals surface area contributed by atoms with Crippen LogP contribution in [0.4, 0.5) is 0 Å². The van der Waals surface area contributed by atoms with E-state index < -0.39 is 0 Å². The Morgan fingerprint density at radius 3 is 2.76 bits per heavy atom. The molecule has 1 fully saturated rings. The number of benzene rings is 1. The number of hydrogen-bond donors (Lipinski definition) is 2. The van der Waals surface area contributed by atoms with Gasteiger partial charge in [0.15, 0.2) is 0 Å². The van der Waals surface area contributed by atoms with Crippen molar-refractivity contribution in [2.75, 3.05) is 20.2 Å². The lowest BCUT2D eigenvalue weighted by Gasteiger charge is -2.30. The van der Waals surface area contributed by atoms with Gasteiger partial charge in [-0.25, -0.2) is 0 Å². The van der Waals surface area contributed by atoms with Crippen molar-refractivity contribution in [3.05, 3.63) is 29.8 Å². The number of ether oxygens (including phenoxy) is 1. The Hall–Kier alpha value is -1.55. The van der Waals surface area contributed by atoms with Crippen molar-refractivity contribution in [1.29, 1.82) is 0 Å². The number of carbonyl (C=O) groups is 1. The fraction of sp³-hybridized carbons (Fsp3) is 0.588. The Bertz CT molecular complexity index is 458. The number of amides is 1. The van der Waals surface area contributed by atoms with E-state index in [4.69, 9.17) is 4.74 Å². The standard InChI is InChI=1S/C17H26N2O2/c1-12-8-9-18-11-16(12)19-17(20)10-13(2)14-4-6-15(21-3)7-5-14/h4-7,12-13,16,18H,8-11H2,1-3H3,(H,19,20). The first-order valence-corrected chi connectivity index (χ1v) is 7.74. The Kier molecular flexibility index (Phi) is 5.62. The lowest BCUT2D eigenvalue weighted by Crippen LogP contribution is -2.50. The van der Waals surface area contributed by atoms with E-state index in [1.165, 1.54) is 5.56 Å². The summed E-state index contributed by atoms with van der Waals surface area (Å²) in [7, 11) is 1.66. The van der Waals surface area contributed by atoms with Crippen molar-refractivity contribution in [2.45, 2.75) is 38.6 Å². The predicted octanol–water partition coefficient (Wildman–Crippen LogP) is 2.30. The number of piperidine rings is 1. The van der Waals surface area contributed by atoms with Crippen LogP contribution in [-0.4, -0.2) is 32.1 Å². The van der Waals surface area contributed by atoms with Crippen molar-refractivity contribution in [2.24, 2.45) is 5.92 Å². The topological polar surface area (TPSA) is 50.4 Å². The lowest BCUT2D eigenvalue weighted by molar-refractivity contribution is -0.122. The molecule has 0 saturated carbocycles. The largest absolute Gasteiger partial charge is 0.497 e. The second-order valence-corrected chi connectivity index (χ2v) is 6.02. The monoisotopic (exact) mass is 290 g/mol. The molecule has 1 heterocycles. The molecule has 0 radical (unpaired) electrons. The van der Waals surface area contributed by atoms with Gasteiger partial charge in [-0.2, -0.15) is 0 Å². The van der Waals surface area contributed by atoms with E-state index in [2.05, 4.69) is 24.5 Å². The van der Waals surface area contributed by atoms with Crippen molar-refractivity contribution in [1.82, 2.24) is 10.6 Å². The van der Waals surface area contributed by atoms with Crippen LogP contribution in [0.2, 0.25) is 0 Å². The minimum absolute atomic E-state index is 0.138. The molecule has 1 aromatic rings. The van der Waals surface area contributed by atoms with E-state index in [-0.39, 0.29) is 17.9 Å². The summed E-state index contributed by atoms with van der Waals surface area (Å²) in [5.74, 6) is 1.74. The van der Waals surface area contributed by atoms with Crippen LogP contribution in [0.25, 0.3) is 0 Å². The highest BCUT2D eigenvalue weighted by atomic mass is 16.5. The van der Waals surface area contributed by atoms with Gasteiger partial charge in [-0.1, -0.05) is 26.0 Å². The Morgan fingerprint density at radius 1 is 1.43 bits per heavy atom. The highest BCUT2D eigenvalue weighted by Crippen LogP contribution is 2.22. The van der Waals surface area contributed by atoms with Gasteiger partial charge < -0.3 is 15.4 Å². The highest BCUT2D eigenvalue weighted by molar-refractivity contribution is 5.77. The molecule has 3 unspecified atom stereocenters. The van der Waals surface area contributed by atoms with Crippen LogP contribution < -0.4 is 15.4 Å². The first kappa shape index (κ1) is 15.8. The van der Waals surface area contributed by atoms with Crippen LogP contribution in [0.1, 0.15) is 38.2 Å². The van der Waals surface area contributed by atoms with Crippen molar-refractivity contribution >= 4 is 5.91 Å². The molecule has 0 aliphatic carbocycles. The first-order valence-electron chi connectivity index (χ1n) is 7.74. The summed E-state index contributed by atoms with van der Waals surface area (Å²) in [5, 5.41) is 6.51. The fourth-order valence-electron chi connectivity index (χ4n) is 2.78. The second kappa shape index (κ2) is 7.46. The fourth-order valence-corrected chi connectivity index (χ4v) is 2.78. The van der Waals surface area contributed by atoms with Gasteiger partial charge in [0.05, 0.1) is 7.11 Å². The molecule has 1 amide bonds. The molecule has 4 heteroatoms. The predicted molar refractivity (Wildman–Crippen MR) is 84.6 cm³/mol. The van der Waals surface area contributed by atoms with Crippen LogP contribution >= 0.6 is 0 Å². The summed E-state index contributed by atoms with van der Waals surface area (Å²) in [6.07, 6.45) is 1.65. The third-order valence-electron chi connectivity index (χ3n) is 4.35. The van der Waals surface area contributed by atoms with Gasteiger partial charge in [-0.15, -0.1) is 0 Å². The maximum absolute atomic E-state index is 12.2. The van der Waals surface area contributed by atoms with Crippen molar-refractivity contribution in [3.63, 3.8) is 0 Å². The third kappa shape index (κ3) is 4.46. The smallest absolute Gasteiger partial charge is 0.220 e. The summed E-state index contributed by atoms with van der Waals surface area (Å²) >= 11 is 0. The third-order valence-corrected chi connectivity index (χ3v) is 4.35. The Morgan fingerprint density at radius 2 is 2.14 bits per heavy atom. The van der Waals surface area contributed by atoms with E-state index in [0.717, 1.165) is 25.3 Å². The molecular weight excluding hydrogens is 264 g/mol. The zero-order chi connectivity index (χ0) is 15.2. The normalized spacial score (nSPS) is 23.4. The van der Waals surface area contributed by atoms with Gasteiger partial charge in [0.1, 0.15) is 5.75 Å². The van der Waals surface area contributed by atoms with Crippen LogP contribution in [0, 0.1) is 5.92 Å². The molecule has 1 aromatic carbocycles. The maximum atomic E-state index is 12.2. The summed E-state index contributed by atoms with van der Waals surface area (Å²) in [6, 6.07) is 8.20. The summed E-state index contributed by atoms with van der Waals surface area (Å²) in [4.78, 5) is 12.2. The molecule has 0 bridgehead atoms. The summed E-state index contributed by atoms with van der Waals surface area (Å²) in [5.41, 5.74) is 1.17. The molecule has 2 N–H and O–H groups in total. The minimum atomic E-state index is 0.138. The van der Waals surface area contributed by atoms with E-state index in [1.807, 2.05) is 24.3 Å². The van der Waals surface area contributed by atoms with Crippen LogP contribution in [0.5, 0.6) is 5.75 Å².